The molecule has 0 saturated carbocycles. The van der Waals surface area contributed by atoms with Crippen LogP contribution in [0.1, 0.15) is 31.2 Å². The molecular weight excluding hydrogens is 577 g/mol. The minimum Gasteiger partial charge on any atom is -1.00 e. The van der Waals surface area contributed by atoms with Crippen molar-refractivity contribution in [3.05, 3.63) is 45.5 Å². The largest absolute Gasteiger partial charge is 3.00 e. The summed E-state index contributed by atoms with van der Waals surface area (Å²) in [4.78, 5) is 10.3. The summed E-state index contributed by atoms with van der Waals surface area (Å²) in [6.45, 7) is 0.0536. The van der Waals surface area contributed by atoms with Crippen molar-refractivity contribution in [3.8, 4) is 0 Å². The average molecular weight is 606 g/mol. The molecule has 0 amide bonds. The first-order valence-electron chi connectivity index (χ1n) is 5.79. The maximum atomic E-state index is 10.7. The molecule has 1 radical (unpaired) electrons. The van der Waals surface area contributed by atoms with E-state index in [0.717, 1.165) is 42.4 Å². The van der Waals surface area contributed by atoms with Crippen molar-refractivity contribution in [2.45, 2.75) is 25.7 Å². The van der Waals surface area contributed by atoms with Crippen molar-refractivity contribution in [1.29, 1.82) is 0 Å². The molecule has 15 N–H and O–H groups in total. The molecule has 28 heavy (non-hydrogen) atoms. The van der Waals surface area contributed by atoms with Gasteiger partial charge in [-0.05, 0) is 42.4 Å². The normalized spacial score (nSPS) is 9.75. The van der Waals surface area contributed by atoms with Gasteiger partial charge < -0.3 is 80.7 Å². The van der Waals surface area contributed by atoms with Crippen molar-refractivity contribution >= 4 is 11.3 Å². The van der Waals surface area contributed by atoms with Gasteiger partial charge in [0, 0.05) is 12.1 Å². The van der Waals surface area contributed by atoms with E-state index in [1.165, 1.54) is 6.07 Å². The molecule has 0 saturated heterocycles. The Morgan fingerprint density at radius 1 is 0.893 bits per heavy atom. The van der Waals surface area contributed by atoms with Gasteiger partial charge >= 0.3 is 41.7 Å². The number of aliphatic hydroxyl groups is 1. The van der Waals surface area contributed by atoms with Crippen molar-refractivity contribution in [2.24, 2.45) is 0 Å². The van der Waals surface area contributed by atoms with E-state index in [2.05, 4.69) is 0 Å². The molecule has 1 aromatic rings. The van der Waals surface area contributed by atoms with E-state index < -0.39 is 0 Å². The summed E-state index contributed by atoms with van der Waals surface area (Å²) in [6, 6.07) is 6.66. The average Bonchev–Trinajstić information content (AvgIpc) is 2.39. The molecule has 0 bridgehead atoms. The van der Waals surface area contributed by atoms with Crippen molar-refractivity contribution in [2.75, 3.05) is 6.61 Å². The number of rotatable bonds is 3. The van der Waals surface area contributed by atoms with E-state index in [1.54, 1.807) is 12.1 Å². The summed E-state index contributed by atoms with van der Waals surface area (Å²) in [6.07, 6.45) is 3.97. The molecule has 0 fully saturated rings. The second-order valence-electron chi connectivity index (χ2n) is 4.25. The van der Waals surface area contributed by atoms with Gasteiger partial charge in [-0.3, -0.25) is 10.1 Å². The molecule has 0 aromatic heterocycles. The summed E-state index contributed by atoms with van der Waals surface area (Å²) >= 11 is 0. The zero-order chi connectivity index (χ0) is 12.3. The van der Waals surface area contributed by atoms with E-state index in [9.17, 15) is 15.2 Å². The minimum absolute atomic E-state index is 0. The number of nitrogens with zero attached hydrogens (tertiary/aromatic N) is 1. The molecule has 171 valence electrons. The van der Waals surface area contributed by atoms with Crippen LogP contribution < -0.4 is 37.2 Å². The van der Waals surface area contributed by atoms with Gasteiger partial charge in [-0.1, -0.05) is 12.1 Å². The van der Waals surface area contributed by atoms with Crippen molar-refractivity contribution < 1.29 is 127 Å². The summed E-state index contributed by atoms with van der Waals surface area (Å²) in [5, 5.41) is 20.0. The Kier molecular flexibility index (Phi) is 71.9. The molecule has 1 aliphatic carbocycles. The second kappa shape index (κ2) is 32.0. The van der Waals surface area contributed by atoms with Gasteiger partial charge in [0.15, 0.2) is 0 Å². The molecule has 11 nitrogen and oxygen atoms in total. The summed E-state index contributed by atoms with van der Waals surface area (Å²) in [5.41, 5.74) is 3.10. The quantitative estimate of drug-likeness (QED) is 0.259. The van der Waals surface area contributed by atoms with Crippen molar-refractivity contribution in [3.63, 3.8) is 0 Å². The third kappa shape index (κ3) is 17.2. The fourth-order valence-corrected chi connectivity index (χ4v) is 2.30. The summed E-state index contributed by atoms with van der Waals surface area (Å²) in [7, 11) is 0. The maximum Gasteiger partial charge on any atom is 3.00 e. The number of hydrogen-bond acceptors (Lipinski definition) is 3. The van der Waals surface area contributed by atoms with Crippen molar-refractivity contribution in [1.82, 2.24) is 0 Å². The number of benzene rings is 1. The smallest absolute Gasteiger partial charge is 1.00 e. The zero-order valence-electron chi connectivity index (χ0n) is 14.7. The molecule has 2 rings (SSSR count). The Morgan fingerprint density at radius 2 is 1.36 bits per heavy atom. The number of halogens is 3. The number of hydrogen-bond donors (Lipinski definition) is 1. The fourth-order valence-electron chi connectivity index (χ4n) is 2.30. The number of nitro groups is 1. The van der Waals surface area contributed by atoms with Crippen LogP contribution >= 0.6 is 0 Å². The van der Waals surface area contributed by atoms with Gasteiger partial charge in [0.25, 0.3) is 5.69 Å². The number of allylic oxidation sites excluding steroid dienone is 1. The monoisotopic (exact) mass is 604 g/mol. The van der Waals surface area contributed by atoms with E-state index in [1.807, 2.05) is 6.07 Å². The van der Waals surface area contributed by atoms with E-state index in [-0.39, 0.29) is 135 Å². The molecule has 1 aromatic carbocycles. The SMILES string of the molecule is O.O.O.O.O.O.O.O=[N+]([O-])c1cccc(C2=C(CO)CCCC2)c1.[Ce+3].[Cl-].[Cl-].[Cl-]. The minimum atomic E-state index is -0.383. The van der Waals surface area contributed by atoms with Gasteiger partial charge in [-0.25, -0.2) is 0 Å². The Balaban J connectivity index is -0.0000000368. The van der Waals surface area contributed by atoms with Crippen LogP contribution in [0, 0.1) is 51.9 Å². The van der Waals surface area contributed by atoms with Crippen LogP contribution in [0.4, 0.5) is 5.69 Å². The predicted octanol–water partition coefficient (Wildman–Crippen LogP) is -11.8. The topological polar surface area (TPSA) is 284 Å². The summed E-state index contributed by atoms with van der Waals surface area (Å²) in [5.74, 6) is 0. The Hall–Kier alpha value is 0.287. The third-order valence-corrected chi connectivity index (χ3v) is 3.18. The van der Waals surface area contributed by atoms with Crippen LogP contribution in [-0.4, -0.2) is 55.0 Å². The molecule has 0 aliphatic heterocycles. The first kappa shape index (κ1) is 63.0. The number of aliphatic hydroxyl groups excluding tert-OH is 1. The maximum absolute atomic E-state index is 10.7. The molecular formula is C13H29CeCl3NO10. The number of nitro benzene ring substituents is 1. The van der Waals surface area contributed by atoms with Gasteiger partial charge in [0.05, 0.1) is 11.5 Å². The van der Waals surface area contributed by atoms with Crippen LogP contribution in [0.5, 0.6) is 0 Å². The molecule has 0 heterocycles. The Bertz CT molecular complexity index is 497. The Labute approximate surface area is 214 Å². The second-order valence-corrected chi connectivity index (χ2v) is 4.25. The first-order valence-corrected chi connectivity index (χ1v) is 5.79. The van der Waals surface area contributed by atoms with E-state index >= 15 is 0 Å². The third-order valence-electron chi connectivity index (χ3n) is 3.18. The molecule has 15 heteroatoms. The fraction of sp³-hybridized carbons (Fsp3) is 0.385. The standard InChI is InChI=1S/C13H15NO3.Ce.3ClH.7H2O/c15-9-11-4-1-2-7-13(11)10-5-3-6-12(8-10)14(16)17;;;;;;;;;;;/h3,5-6,8,15H,1-2,4,7,9H2;;3*1H;7*1H2/q;+3;;;;;;;;;;/p-3. The van der Waals surface area contributed by atoms with Gasteiger partial charge in [-0.15, -0.1) is 0 Å². The molecule has 0 atom stereocenters. The molecule has 1 aliphatic rings. The van der Waals surface area contributed by atoms with Gasteiger partial charge in [-0.2, -0.15) is 0 Å². The number of non-ortho nitro benzene ring substituents is 1. The molecule has 0 unspecified atom stereocenters. The Morgan fingerprint density at radius 3 is 1.79 bits per heavy atom. The first-order chi connectivity index (χ1) is 8.22. The van der Waals surface area contributed by atoms with E-state index in [4.69, 9.17) is 0 Å². The van der Waals surface area contributed by atoms with Gasteiger partial charge in [0.2, 0.25) is 0 Å². The van der Waals surface area contributed by atoms with Crippen LogP contribution in [0.2, 0.25) is 0 Å². The zero-order valence-corrected chi connectivity index (χ0v) is 20.1. The van der Waals surface area contributed by atoms with Gasteiger partial charge in [0.1, 0.15) is 0 Å². The molecule has 0 spiro atoms. The summed E-state index contributed by atoms with van der Waals surface area (Å²) < 4.78 is 0. The predicted molar refractivity (Wildman–Crippen MR) is 90.9 cm³/mol. The van der Waals surface area contributed by atoms with Crippen LogP contribution in [-0.2, 0) is 0 Å². The van der Waals surface area contributed by atoms with E-state index in [0.29, 0.717) is 0 Å². The van der Waals surface area contributed by atoms with Crippen LogP contribution in [0.3, 0.4) is 0 Å². The van der Waals surface area contributed by atoms with Crippen LogP contribution in [0.15, 0.2) is 29.8 Å². The van der Waals surface area contributed by atoms with Crippen LogP contribution in [0.25, 0.3) is 5.57 Å².